The number of likely N-dealkylation sites (tertiary alicyclic amines) is 1. The van der Waals surface area contributed by atoms with Gasteiger partial charge in [0, 0.05) is 30.8 Å². The van der Waals surface area contributed by atoms with Crippen LogP contribution in [0.15, 0.2) is 42.5 Å². The Balaban J connectivity index is 1.66. The Bertz CT molecular complexity index is 862. The fourth-order valence-electron chi connectivity index (χ4n) is 3.24. The van der Waals surface area contributed by atoms with E-state index in [1.165, 1.54) is 24.3 Å². The molecule has 0 spiro atoms. The van der Waals surface area contributed by atoms with Gasteiger partial charge in [-0.25, -0.2) is 4.39 Å². The Kier molecular flexibility index (Phi) is 6.03. The van der Waals surface area contributed by atoms with Gasteiger partial charge < -0.3 is 5.32 Å². The van der Waals surface area contributed by atoms with Gasteiger partial charge in [-0.05, 0) is 31.5 Å². The highest BCUT2D eigenvalue weighted by atomic mass is 35.5. The Labute approximate surface area is 161 Å². The maximum Gasteiger partial charge on any atom is 0.271 e. The molecule has 0 radical (unpaired) electrons. The second-order valence-corrected chi connectivity index (χ2v) is 6.98. The monoisotopic (exact) mass is 391 g/mol. The standard InChI is InChI=1S/C19H19ClFN3O3/c20-16-8-7-15(24(26)27)10-18(16)22-19(25)14-5-3-9-23(12-14)11-13-4-1-2-6-17(13)21/h1-2,4,6-8,10,14H,3,5,9,11-12H2,(H,22,25). The van der Waals surface area contributed by atoms with Crippen molar-refractivity contribution in [1.82, 2.24) is 4.90 Å². The van der Waals surface area contributed by atoms with E-state index in [-0.39, 0.29) is 34.0 Å². The summed E-state index contributed by atoms with van der Waals surface area (Å²) < 4.78 is 13.9. The number of rotatable bonds is 5. The summed E-state index contributed by atoms with van der Waals surface area (Å²) in [5, 5.41) is 13.8. The van der Waals surface area contributed by atoms with Crippen LogP contribution in [0, 0.1) is 21.8 Å². The molecule has 2 aromatic rings. The van der Waals surface area contributed by atoms with Crippen LogP contribution in [0.2, 0.25) is 5.02 Å². The zero-order chi connectivity index (χ0) is 19.4. The lowest BCUT2D eigenvalue weighted by Gasteiger charge is -2.32. The van der Waals surface area contributed by atoms with Crippen molar-refractivity contribution < 1.29 is 14.1 Å². The highest BCUT2D eigenvalue weighted by molar-refractivity contribution is 6.33. The molecule has 1 heterocycles. The van der Waals surface area contributed by atoms with Crippen LogP contribution in [0.5, 0.6) is 0 Å². The molecule has 8 heteroatoms. The van der Waals surface area contributed by atoms with Crippen LogP contribution in [0.25, 0.3) is 0 Å². The molecule has 1 fully saturated rings. The minimum atomic E-state index is -0.539. The number of hydrogen-bond acceptors (Lipinski definition) is 4. The molecule has 1 amide bonds. The Hall–Kier alpha value is -2.51. The molecule has 1 aliphatic heterocycles. The van der Waals surface area contributed by atoms with Gasteiger partial charge in [0.25, 0.3) is 5.69 Å². The Morgan fingerprint density at radius 3 is 2.85 bits per heavy atom. The van der Waals surface area contributed by atoms with Crippen LogP contribution < -0.4 is 5.32 Å². The molecule has 1 unspecified atom stereocenters. The van der Waals surface area contributed by atoms with Gasteiger partial charge in [-0.15, -0.1) is 0 Å². The molecule has 0 bridgehead atoms. The first-order valence-corrected chi connectivity index (χ1v) is 9.02. The van der Waals surface area contributed by atoms with Crippen LogP contribution in [0.1, 0.15) is 18.4 Å². The number of piperidine rings is 1. The average Bonchev–Trinajstić information content (AvgIpc) is 2.65. The third kappa shape index (κ3) is 4.81. The molecule has 142 valence electrons. The maximum absolute atomic E-state index is 13.9. The van der Waals surface area contributed by atoms with Crippen LogP contribution in [0.3, 0.4) is 0 Å². The molecule has 1 aliphatic rings. The summed E-state index contributed by atoms with van der Waals surface area (Å²) in [5.41, 5.74) is 0.682. The van der Waals surface area contributed by atoms with Crippen molar-refractivity contribution >= 4 is 28.9 Å². The topological polar surface area (TPSA) is 75.5 Å². The van der Waals surface area contributed by atoms with Crippen molar-refractivity contribution in [2.24, 2.45) is 5.92 Å². The third-order valence-electron chi connectivity index (χ3n) is 4.65. The number of carbonyl (C=O) groups excluding carboxylic acids is 1. The van der Waals surface area contributed by atoms with E-state index in [1.54, 1.807) is 18.2 Å². The maximum atomic E-state index is 13.9. The van der Waals surface area contributed by atoms with Crippen molar-refractivity contribution in [2.45, 2.75) is 19.4 Å². The summed E-state index contributed by atoms with van der Waals surface area (Å²) in [6.07, 6.45) is 1.52. The fourth-order valence-corrected chi connectivity index (χ4v) is 3.40. The number of anilines is 1. The van der Waals surface area contributed by atoms with Crippen LogP contribution in [0.4, 0.5) is 15.8 Å². The van der Waals surface area contributed by atoms with Gasteiger partial charge in [-0.2, -0.15) is 0 Å². The zero-order valence-corrected chi connectivity index (χ0v) is 15.3. The van der Waals surface area contributed by atoms with Crippen molar-refractivity contribution in [1.29, 1.82) is 0 Å². The summed E-state index contributed by atoms with van der Waals surface area (Å²) in [5.74, 6) is -0.788. The van der Waals surface area contributed by atoms with E-state index < -0.39 is 4.92 Å². The second-order valence-electron chi connectivity index (χ2n) is 6.58. The fraction of sp³-hybridized carbons (Fsp3) is 0.316. The number of nitrogens with zero attached hydrogens (tertiary/aromatic N) is 2. The lowest BCUT2D eigenvalue weighted by Crippen LogP contribution is -2.40. The smallest absolute Gasteiger partial charge is 0.271 e. The number of nitro benzene ring substituents is 1. The summed E-state index contributed by atoms with van der Waals surface area (Å²) in [6.45, 7) is 1.72. The Morgan fingerprint density at radius 2 is 2.11 bits per heavy atom. The molecule has 2 aromatic carbocycles. The molecular formula is C19H19ClFN3O3. The van der Waals surface area contributed by atoms with Gasteiger partial charge in [0.2, 0.25) is 5.91 Å². The number of non-ortho nitro benzene ring substituents is 1. The summed E-state index contributed by atoms with van der Waals surface area (Å²) in [6, 6.07) is 10.5. The predicted octanol–water partition coefficient (Wildman–Crippen LogP) is 4.24. The Morgan fingerprint density at radius 1 is 1.33 bits per heavy atom. The van der Waals surface area contributed by atoms with Gasteiger partial charge >= 0.3 is 0 Å². The number of benzene rings is 2. The van der Waals surface area contributed by atoms with Gasteiger partial charge in [0.1, 0.15) is 5.82 Å². The normalized spacial score (nSPS) is 17.5. The molecule has 0 aliphatic carbocycles. The molecule has 1 atom stereocenters. The van der Waals surface area contributed by atoms with Crippen LogP contribution >= 0.6 is 11.6 Å². The number of carbonyl (C=O) groups is 1. The minimum Gasteiger partial charge on any atom is -0.324 e. The van der Waals surface area contributed by atoms with E-state index in [1.807, 2.05) is 4.90 Å². The van der Waals surface area contributed by atoms with Crippen molar-refractivity contribution in [3.8, 4) is 0 Å². The number of nitrogens with one attached hydrogen (secondary N) is 1. The first-order chi connectivity index (χ1) is 12.9. The van der Waals surface area contributed by atoms with Crippen LogP contribution in [-0.2, 0) is 11.3 Å². The highest BCUT2D eigenvalue weighted by Gasteiger charge is 2.27. The van der Waals surface area contributed by atoms with E-state index in [0.717, 1.165) is 13.0 Å². The number of hydrogen-bond donors (Lipinski definition) is 1. The average molecular weight is 392 g/mol. The number of nitro groups is 1. The minimum absolute atomic E-state index is 0.139. The molecule has 6 nitrogen and oxygen atoms in total. The predicted molar refractivity (Wildman–Crippen MR) is 101 cm³/mol. The van der Waals surface area contributed by atoms with E-state index in [4.69, 9.17) is 11.6 Å². The van der Waals surface area contributed by atoms with Gasteiger partial charge in [0.15, 0.2) is 0 Å². The molecule has 1 saturated heterocycles. The molecule has 0 aromatic heterocycles. The van der Waals surface area contributed by atoms with Gasteiger partial charge in [-0.3, -0.25) is 19.8 Å². The van der Waals surface area contributed by atoms with Crippen molar-refractivity contribution in [3.63, 3.8) is 0 Å². The molecular weight excluding hydrogens is 373 g/mol. The van der Waals surface area contributed by atoms with Gasteiger partial charge in [0.05, 0.1) is 21.6 Å². The van der Waals surface area contributed by atoms with Crippen molar-refractivity contribution in [2.75, 3.05) is 18.4 Å². The SMILES string of the molecule is O=C(Nc1cc([N+](=O)[O-])ccc1Cl)C1CCCN(Cc2ccccc2F)C1. The lowest BCUT2D eigenvalue weighted by atomic mass is 9.96. The lowest BCUT2D eigenvalue weighted by molar-refractivity contribution is -0.384. The third-order valence-corrected chi connectivity index (χ3v) is 4.98. The molecule has 27 heavy (non-hydrogen) atoms. The van der Waals surface area contributed by atoms with Crippen molar-refractivity contribution in [3.05, 3.63) is 69.0 Å². The van der Waals surface area contributed by atoms with E-state index in [0.29, 0.717) is 25.1 Å². The van der Waals surface area contributed by atoms with Gasteiger partial charge in [-0.1, -0.05) is 29.8 Å². The highest BCUT2D eigenvalue weighted by Crippen LogP contribution is 2.28. The molecule has 0 saturated carbocycles. The van der Waals surface area contributed by atoms with E-state index >= 15 is 0 Å². The molecule has 1 N–H and O–H groups in total. The quantitative estimate of drug-likeness (QED) is 0.611. The van der Waals surface area contributed by atoms with Crippen LogP contribution in [-0.4, -0.2) is 28.8 Å². The first kappa shape index (κ1) is 19.3. The molecule has 3 rings (SSSR count). The largest absolute Gasteiger partial charge is 0.324 e. The zero-order valence-electron chi connectivity index (χ0n) is 14.5. The summed E-state index contributed by atoms with van der Waals surface area (Å²) in [7, 11) is 0. The number of amides is 1. The first-order valence-electron chi connectivity index (χ1n) is 8.64. The summed E-state index contributed by atoms with van der Waals surface area (Å²) in [4.78, 5) is 25.0. The van der Waals surface area contributed by atoms with E-state index in [2.05, 4.69) is 5.32 Å². The number of halogens is 2. The summed E-state index contributed by atoms with van der Waals surface area (Å²) >= 11 is 6.05. The second kappa shape index (κ2) is 8.45. The van der Waals surface area contributed by atoms with E-state index in [9.17, 15) is 19.3 Å².